The van der Waals surface area contributed by atoms with Crippen molar-refractivity contribution in [3.05, 3.63) is 48.6 Å². The van der Waals surface area contributed by atoms with E-state index in [9.17, 15) is 14.4 Å². The van der Waals surface area contributed by atoms with E-state index in [2.05, 4.69) is 69.4 Å². The molecule has 1 unspecified atom stereocenters. The molecule has 0 fully saturated rings. The summed E-state index contributed by atoms with van der Waals surface area (Å²) in [6, 6.07) is 0. The topological polar surface area (TPSA) is 78.9 Å². The number of hydrogen-bond acceptors (Lipinski definition) is 6. The average molecular weight is 841 g/mol. The van der Waals surface area contributed by atoms with Crippen molar-refractivity contribution in [2.24, 2.45) is 0 Å². The molecule has 0 N–H and O–H groups in total. The minimum atomic E-state index is -0.784. The second-order valence-corrected chi connectivity index (χ2v) is 17.1. The molecular formula is C54H96O6. The molecule has 6 heteroatoms. The van der Waals surface area contributed by atoms with E-state index < -0.39 is 6.10 Å². The van der Waals surface area contributed by atoms with Gasteiger partial charge in [0.2, 0.25) is 0 Å². The molecule has 0 aliphatic carbocycles. The number of carbonyl (C=O) groups excluding carboxylic acids is 3. The lowest BCUT2D eigenvalue weighted by Gasteiger charge is -2.18. The third-order valence-electron chi connectivity index (χ3n) is 11.0. The lowest BCUT2D eigenvalue weighted by Crippen LogP contribution is -2.30. The predicted octanol–water partition coefficient (Wildman–Crippen LogP) is 16.7. The Morgan fingerprint density at radius 1 is 0.333 bits per heavy atom. The van der Waals surface area contributed by atoms with Crippen LogP contribution in [0.2, 0.25) is 0 Å². The smallest absolute Gasteiger partial charge is 0.306 e. The van der Waals surface area contributed by atoms with Crippen molar-refractivity contribution in [1.29, 1.82) is 0 Å². The van der Waals surface area contributed by atoms with Gasteiger partial charge in [-0.05, 0) is 103 Å². The molecular weight excluding hydrogens is 745 g/mol. The van der Waals surface area contributed by atoms with Crippen LogP contribution in [0.3, 0.4) is 0 Å². The molecule has 1 atom stereocenters. The van der Waals surface area contributed by atoms with Gasteiger partial charge in [0.15, 0.2) is 6.10 Å². The molecule has 0 aliphatic heterocycles. The Balaban J connectivity index is 4.41. The molecule has 0 heterocycles. The third-order valence-corrected chi connectivity index (χ3v) is 11.0. The highest BCUT2D eigenvalue weighted by Gasteiger charge is 2.19. The van der Waals surface area contributed by atoms with Crippen molar-refractivity contribution in [3.8, 4) is 0 Å². The van der Waals surface area contributed by atoms with Crippen LogP contribution >= 0.6 is 0 Å². The van der Waals surface area contributed by atoms with Gasteiger partial charge in [-0.1, -0.05) is 185 Å². The first-order valence-corrected chi connectivity index (χ1v) is 25.6. The molecule has 0 saturated heterocycles. The van der Waals surface area contributed by atoms with E-state index in [-0.39, 0.29) is 31.1 Å². The van der Waals surface area contributed by atoms with E-state index in [0.29, 0.717) is 19.3 Å². The molecule has 348 valence electrons. The number of rotatable bonds is 46. The fraction of sp³-hybridized carbons (Fsp3) is 0.796. The van der Waals surface area contributed by atoms with Crippen LogP contribution in [0.15, 0.2) is 48.6 Å². The highest BCUT2D eigenvalue weighted by atomic mass is 16.6. The Hall–Kier alpha value is -2.63. The zero-order valence-electron chi connectivity index (χ0n) is 39.7. The van der Waals surface area contributed by atoms with E-state index in [1.807, 2.05) is 0 Å². The molecule has 0 saturated carbocycles. The van der Waals surface area contributed by atoms with Crippen LogP contribution in [0.5, 0.6) is 0 Å². The number of hydrogen-bond donors (Lipinski definition) is 0. The van der Waals surface area contributed by atoms with Gasteiger partial charge in [0, 0.05) is 19.3 Å². The van der Waals surface area contributed by atoms with Crippen molar-refractivity contribution in [1.82, 2.24) is 0 Å². The number of allylic oxidation sites excluding steroid dienone is 8. The number of ether oxygens (including phenoxy) is 3. The summed E-state index contributed by atoms with van der Waals surface area (Å²) in [5.74, 6) is -0.911. The summed E-state index contributed by atoms with van der Waals surface area (Å²) in [6.45, 7) is 6.57. The SMILES string of the molecule is CCCCC/C=C\CCCCCCCC(=O)OCC(COC(=O)CCCCCCC/C=C\C/C=C\CCCCCC)OC(=O)CCCCCCC/C=C\CCCCCCC. The normalized spacial score (nSPS) is 12.4. The highest BCUT2D eigenvalue weighted by molar-refractivity contribution is 5.71. The van der Waals surface area contributed by atoms with Gasteiger partial charge < -0.3 is 14.2 Å². The van der Waals surface area contributed by atoms with Crippen LogP contribution in [0.25, 0.3) is 0 Å². The first-order chi connectivity index (χ1) is 29.5. The molecule has 0 radical (unpaired) electrons. The molecule has 0 spiro atoms. The van der Waals surface area contributed by atoms with Gasteiger partial charge >= 0.3 is 17.9 Å². The lowest BCUT2D eigenvalue weighted by molar-refractivity contribution is -0.167. The summed E-state index contributed by atoms with van der Waals surface area (Å²) in [7, 11) is 0. The van der Waals surface area contributed by atoms with Crippen molar-refractivity contribution in [2.45, 2.75) is 264 Å². The molecule has 0 rings (SSSR count). The first-order valence-electron chi connectivity index (χ1n) is 25.6. The number of unbranched alkanes of at least 4 members (excludes halogenated alkanes) is 27. The first kappa shape index (κ1) is 57.4. The van der Waals surface area contributed by atoms with E-state index in [1.54, 1.807) is 0 Å². The molecule has 0 amide bonds. The number of esters is 3. The lowest BCUT2D eigenvalue weighted by atomic mass is 10.1. The number of carbonyl (C=O) groups is 3. The van der Waals surface area contributed by atoms with Crippen molar-refractivity contribution in [2.75, 3.05) is 13.2 Å². The van der Waals surface area contributed by atoms with Gasteiger partial charge in [0.25, 0.3) is 0 Å². The summed E-state index contributed by atoms with van der Waals surface area (Å²) in [5, 5.41) is 0. The van der Waals surface area contributed by atoms with E-state index >= 15 is 0 Å². The highest BCUT2D eigenvalue weighted by Crippen LogP contribution is 2.14. The fourth-order valence-corrected chi connectivity index (χ4v) is 7.11. The molecule has 0 aromatic heterocycles. The Morgan fingerprint density at radius 2 is 0.600 bits per heavy atom. The summed E-state index contributed by atoms with van der Waals surface area (Å²) < 4.78 is 16.8. The monoisotopic (exact) mass is 841 g/mol. The maximum absolute atomic E-state index is 12.8. The van der Waals surface area contributed by atoms with Crippen LogP contribution < -0.4 is 0 Å². The predicted molar refractivity (Wildman–Crippen MR) is 256 cm³/mol. The maximum Gasteiger partial charge on any atom is 0.306 e. The van der Waals surface area contributed by atoms with E-state index in [4.69, 9.17) is 14.2 Å². The van der Waals surface area contributed by atoms with Crippen molar-refractivity contribution in [3.63, 3.8) is 0 Å². The quantitative estimate of drug-likeness (QED) is 0.0263. The summed E-state index contributed by atoms with van der Waals surface area (Å²) in [5.41, 5.74) is 0. The van der Waals surface area contributed by atoms with Gasteiger partial charge in [-0.25, -0.2) is 0 Å². The second-order valence-electron chi connectivity index (χ2n) is 17.1. The maximum atomic E-state index is 12.8. The minimum absolute atomic E-state index is 0.0848. The van der Waals surface area contributed by atoms with Crippen molar-refractivity contribution < 1.29 is 28.6 Å². The van der Waals surface area contributed by atoms with Crippen LogP contribution in [0.4, 0.5) is 0 Å². The molecule has 0 bridgehead atoms. The van der Waals surface area contributed by atoms with Gasteiger partial charge in [0.05, 0.1) is 0 Å². The zero-order chi connectivity index (χ0) is 43.7. The van der Waals surface area contributed by atoms with Crippen LogP contribution in [-0.4, -0.2) is 37.2 Å². The van der Waals surface area contributed by atoms with Gasteiger partial charge in [-0.15, -0.1) is 0 Å². The average Bonchev–Trinajstić information content (AvgIpc) is 3.24. The standard InChI is InChI=1S/C54H96O6/c1-4-7-10-13-16-19-22-25-27-28-30-32-35-38-41-44-47-53(56)59-50-51(49-58-52(55)46-43-40-37-34-31-24-21-18-15-12-9-6-3)60-54(57)48-45-42-39-36-33-29-26-23-20-17-14-11-8-5-2/h18-19,21-23,26-28,51H,4-17,20,24-25,29-50H2,1-3H3/b21-18-,22-19-,26-23-,28-27-. The minimum Gasteiger partial charge on any atom is -0.462 e. The summed E-state index contributed by atoms with van der Waals surface area (Å²) in [6.07, 6.45) is 58.0. The Kier molecular flexibility index (Phi) is 46.9. The van der Waals surface area contributed by atoms with E-state index in [0.717, 1.165) is 96.3 Å². The second kappa shape index (κ2) is 49.0. The molecule has 0 aromatic carbocycles. The third kappa shape index (κ3) is 46.4. The molecule has 6 nitrogen and oxygen atoms in total. The summed E-state index contributed by atoms with van der Waals surface area (Å²) >= 11 is 0. The van der Waals surface area contributed by atoms with Crippen LogP contribution in [0.1, 0.15) is 258 Å². The van der Waals surface area contributed by atoms with Crippen LogP contribution in [0, 0.1) is 0 Å². The largest absolute Gasteiger partial charge is 0.462 e. The molecule has 60 heavy (non-hydrogen) atoms. The van der Waals surface area contributed by atoms with Gasteiger partial charge in [0.1, 0.15) is 13.2 Å². The Morgan fingerprint density at radius 3 is 0.983 bits per heavy atom. The zero-order valence-corrected chi connectivity index (χ0v) is 39.7. The van der Waals surface area contributed by atoms with Crippen LogP contribution in [-0.2, 0) is 28.6 Å². The molecule has 0 aliphatic rings. The molecule has 0 aromatic rings. The van der Waals surface area contributed by atoms with Gasteiger partial charge in [-0.3, -0.25) is 14.4 Å². The van der Waals surface area contributed by atoms with Gasteiger partial charge in [-0.2, -0.15) is 0 Å². The fourth-order valence-electron chi connectivity index (χ4n) is 7.11. The Labute approximate surface area is 371 Å². The van der Waals surface area contributed by atoms with Crippen molar-refractivity contribution >= 4 is 17.9 Å². The van der Waals surface area contributed by atoms with E-state index in [1.165, 1.54) is 122 Å². The Bertz CT molecular complexity index is 1060. The summed E-state index contributed by atoms with van der Waals surface area (Å²) in [4.78, 5) is 37.9.